The minimum Gasteiger partial charge on any atom is -0.366 e. The highest BCUT2D eigenvalue weighted by atomic mass is 16.6. The highest BCUT2D eigenvalue weighted by Gasteiger charge is 2.25. The quantitative estimate of drug-likeness (QED) is 0.628. The molecule has 0 spiro atoms. The molecule has 6 heteroatoms. The minimum absolute atomic E-state index is 0.0163. The lowest BCUT2D eigenvalue weighted by atomic mass is 9.99. The molecule has 3 rings (SSSR count). The van der Waals surface area contributed by atoms with Gasteiger partial charge in [0.05, 0.1) is 4.92 Å². The summed E-state index contributed by atoms with van der Waals surface area (Å²) in [5.41, 5.74) is 3.64. The molecule has 1 fully saturated rings. The van der Waals surface area contributed by atoms with E-state index in [0.29, 0.717) is 17.3 Å². The molecule has 1 saturated heterocycles. The van der Waals surface area contributed by atoms with Gasteiger partial charge in [0.2, 0.25) is 0 Å². The molecule has 1 atom stereocenters. The highest BCUT2D eigenvalue weighted by molar-refractivity contribution is 6.05. The molecule has 1 N–H and O–H groups in total. The number of rotatable bonds is 4. The maximum atomic E-state index is 12.6. The third-order valence-corrected chi connectivity index (χ3v) is 5.06. The molecule has 0 aliphatic carbocycles. The van der Waals surface area contributed by atoms with E-state index in [1.165, 1.54) is 6.07 Å². The average Bonchev–Trinajstić information content (AvgIpc) is 2.63. The number of benzene rings is 2. The van der Waals surface area contributed by atoms with Crippen LogP contribution in [0.1, 0.15) is 41.3 Å². The van der Waals surface area contributed by atoms with Crippen LogP contribution in [-0.4, -0.2) is 23.9 Å². The first-order valence-electron chi connectivity index (χ1n) is 9.27. The number of carbonyl (C=O) groups excluding carboxylic acids is 1. The van der Waals surface area contributed by atoms with E-state index in [0.717, 1.165) is 37.1 Å². The number of anilines is 2. The van der Waals surface area contributed by atoms with Crippen LogP contribution in [0.15, 0.2) is 36.4 Å². The van der Waals surface area contributed by atoms with Crippen molar-refractivity contribution in [2.75, 3.05) is 23.3 Å². The number of hydrogen-bond acceptors (Lipinski definition) is 4. The van der Waals surface area contributed by atoms with E-state index in [2.05, 4.69) is 17.1 Å². The molecule has 0 radical (unpaired) electrons. The number of nitrogens with zero attached hydrogens (tertiary/aromatic N) is 2. The van der Waals surface area contributed by atoms with Crippen molar-refractivity contribution in [1.29, 1.82) is 0 Å². The zero-order valence-corrected chi connectivity index (χ0v) is 16.0. The Hall–Kier alpha value is -2.89. The van der Waals surface area contributed by atoms with Crippen LogP contribution in [0.3, 0.4) is 0 Å². The molecular weight excluding hydrogens is 342 g/mol. The van der Waals surface area contributed by atoms with Crippen molar-refractivity contribution in [2.45, 2.75) is 33.6 Å². The zero-order valence-electron chi connectivity index (χ0n) is 16.0. The molecule has 1 amide bonds. The van der Waals surface area contributed by atoms with Crippen LogP contribution in [0.2, 0.25) is 0 Å². The van der Waals surface area contributed by atoms with E-state index in [1.807, 2.05) is 32.0 Å². The van der Waals surface area contributed by atoms with Crippen LogP contribution in [0, 0.1) is 29.9 Å². The van der Waals surface area contributed by atoms with Gasteiger partial charge in [0.25, 0.3) is 11.6 Å². The van der Waals surface area contributed by atoms with E-state index in [-0.39, 0.29) is 17.2 Å². The van der Waals surface area contributed by atoms with Gasteiger partial charge in [-0.15, -0.1) is 0 Å². The van der Waals surface area contributed by atoms with Crippen LogP contribution < -0.4 is 10.2 Å². The molecule has 0 aromatic heterocycles. The summed E-state index contributed by atoms with van der Waals surface area (Å²) in [6.45, 7) is 7.67. The van der Waals surface area contributed by atoms with Crippen molar-refractivity contribution in [1.82, 2.24) is 0 Å². The van der Waals surface area contributed by atoms with Crippen molar-refractivity contribution in [3.05, 3.63) is 63.2 Å². The Bertz CT molecular complexity index is 879. The molecule has 142 valence electrons. The summed E-state index contributed by atoms with van der Waals surface area (Å²) in [7, 11) is 0. The number of amides is 1. The Balaban J connectivity index is 1.86. The Morgan fingerprint density at radius 3 is 2.67 bits per heavy atom. The summed E-state index contributed by atoms with van der Waals surface area (Å²) in [6, 6.07) is 10.5. The maximum Gasteiger partial charge on any atom is 0.293 e. The number of nitro benzene ring substituents is 1. The largest absolute Gasteiger partial charge is 0.366 e. The Kier molecular flexibility index (Phi) is 5.44. The Morgan fingerprint density at radius 2 is 2.00 bits per heavy atom. The SMILES string of the molecule is Cc1ccc(NC(=O)c2ccc(N3CCC[C@@H](C)C3)c([N+](=O)[O-])c2)c(C)c1. The standard InChI is InChI=1S/C21H25N3O3/c1-14-6-8-18(16(3)11-14)22-21(25)17-7-9-19(20(12-17)24(26)27)23-10-4-5-15(2)13-23/h6-9,11-12,15H,4-5,10,13H2,1-3H3,(H,22,25)/t15-/m1/s1. The first-order chi connectivity index (χ1) is 12.8. The van der Waals surface area contributed by atoms with Crippen molar-refractivity contribution in [3.63, 3.8) is 0 Å². The molecule has 0 unspecified atom stereocenters. The third kappa shape index (κ3) is 4.27. The number of carbonyl (C=O) groups is 1. The molecule has 1 aliphatic rings. The molecule has 0 bridgehead atoms. The fourth-order valence-electron chi connectivity index (χ4n) is 3.63. The van der Waals surface area contributed by atoms with Gasteiger partial charge in [0, 0.05) is 30.4 Å². The summed E-state index contributed by atoms with van der Waals surface area (Å²) in [5, 5.41) is 14.5. The fraction of sp³-hybridized carbons (Fsp3) is 0.381. The van der Waals surface area contributed by atoms with Crippen LogP contribution in [0.4, 0.5) is 17.1 Å². The predicted molar refractivity (Wildman–Crippen MR) is 108 cm³/mol. The van der Waals surface area contributed by atoms with E-state index in [4.69, 9.17) is 0 Å². The summed E-state index contributed by atoms with van der Waals surface area (Å²) in [6.07, 6.45) is 2.16. The minimum atomic E-state index is -0.400. The van der Waals surface area contributed by atoms with Gasteiger partial charge < -0.3 is 10.2 Å². The van der Waals surface area contributed by atoms with Gasteiger partial charge in [-0.2, -0.15) is 0 Å². The topological polar surface area (TPSA) is 75.5 Å². The van der Waals surface area contributed by atoms with E-state index in [9.17, 15) is 14.9 Å². The first-order valence-corrected chi connectivity index (χ1v) is 9.27. The summed E-state index contributed by atoms with van der Waals surface area (Å²) in [4.78, 5) is 25.9. The number of hydrogen-bond donors (Lipinski definition) is 1. The number of aryl methyl sites for hydroxylation is 2. The van der Waals surface area contributed by atoms with Crippen molar-refractivity contribution >= 4 is 23.0 Å². The molecular formula is C21H25N3O3. The molecule has 1 heterocycles. The smallest absolute Gasteiger partial charge is 0.293 e. The van der Waals surface area contributed by atoms with Gasteiger partial charge in [-0.3, -0.25) is 14.9 Å². The van der Waals surface area contributed by atoms with Gasteiger partial charge in [0.15, 0.2) is 0 Å². The lowest BCUT2D eigenvalue weighted by Gasteiger charge is -2.32. The van der Waals surface area contributed by atoms with Crippen LogP contribution in [0.5, 0.6) is 0 Å². The van der Waals surface area contributed by atoms with Gasteiger partial charge in [-0.25, -0.2) is 0 Å². The van der Waals surface area contributed by atoms with Crippen LogP contribution >= 0.6 is 0 Å². The lowest BCUT2D eigenvalue weighted by Crippen LogP contribution is -2.34. The second-order valence-electron chi connectivity index (χ2n) is 7.43. The fourth-order valence-corrected chi connectivity index (χ4v) is 3.63. The van der Waals surface area contributed by atoms with E-state index in [1.54, 1.807) is 12.1 Å². The van der Waals surface area contributed by atoms with Crippen molar-refractivity contribution in [2.24, 2.45) is 5.92 Å². The molecule has 6 nitrogen and oxygen atoms in total. The summed E-state index contributed by atoms with van der Waals surface area (Å²) < 4.78 is 0. The maximum absolute atomic E-state index is 12.6. The van der Waals surface area contributed by atoms with Crippen molar-refractivity contribution < 1.29 is 9.72 Å². The monoisotopic (exact) mass is 367 g/mol. The number of nitro groups is 1. The number of piperidine rings is 1. The first kappa shape index (κ1) is 18.9. The normalized spacial score (nSPS) is 16.9. The molecule has 27 heavy (non-hydrogen) atoms. The summed E-state index contributed by atoms with van der Waals surface area (Å²) >= 11 is 0. The van der Waals surface area contributed by atoms with Crippen LogP contribution in [-0.2, 0) is 0 Å². The van der Waals surface area contributed by atoms with Gasteiger partial charge in [-0.1, -0.05) is 24.6 Å². The second-order valence-corrected chi connectivity index (χ2v) is 7.43. The summed E-state index contributed by atoms with van der Waals surface area (Å²) in [5.74, 6) is 0.162. The van der Waals surface area contributed by atoms with Crippen molar-refractivity contribution in [3.8, 4) is 0 Å². The molecule has 2 aromatic rings. The zero-order chi connectivity index (χ0) is 19.6. The predicted octanol–water partition coefficient (Wildman–Crippen LogP) is 4.70. The van der Waals surface area contributed by atoms with E-state index < -0.39 is 4.92 Å². The number of nitrogens with one attached hydrogen (secondary N) is 1. The third-order valence-electron chi connectivity index (χ3n) is 5.06. The Labute approximate surface area is 159 Å². The van der Waals surface area contributed by atoms with Crippen LogP contribution in [0.25, 0.3) is 0 Å². The molecule has 0 saturated carbocycles. The highest BCUT2D eigenvalue weighted by Crippen LogP contribution is 2.32. The van der Waals surface area contributed by atoms with Gasteiger partial charge in [0.1, 0.15) is 5.69 Å². The Morgan fingerprint density at radius 1 is 1.22 bits per heavy atom. The van der Waals surface area contributed by atoms with Gasteiger partial charge >= 0.3 is 0 Å². The molecule has 2 aromatic carbocycles. The molecule has 1 aliphatic heterocycles. The average molecular weight is 367 g/mol. The van der Waals surface area contributed by atoms with Gasteiger partial charge in [-0.05, 0) is 56.4 Å². The van der Waals surface area contributed by atoms with E-state index >= 15 is 0 Å². The second kappa shape index (κ2) is 7.78. The lowest BCUT2D eigenvalue weighted by molar-refractivity contribution is -0.384.